The lowest BCUT2D eigenvalue weighted by molar-refractivity contribution is -0.124. The van der Waals surface area contributed by atoms with Gasteiger partial charge in [-0.15, -0.1) is 11.8 Å². The first-order chi connectivity index (χ1) is 10.3. The highest BCUT2D eigenvalue weighted by atomic mass is 32.2. The third-order valence-corrected chi connectivity index (χ3v) is 4.91. The summed E-state index contributed by atoms with van der Waals surface area (Å²) >= 11 is 1.63. The van der Waals surface area contributed by atoms with Crippen molar-refractivity contribution in [2.24, 2.45) is 5.92 Å². The van der Waals surface area contributed by atoms with Gasteiger partial charge in [0.05, 0.1) is 5.88 Å². The summed E-state index contributed by atoms with van der Waals surface area (Å²) in [6, 6.07) is 8.80. The fourth-order valence-electron chi connectivity index (χ4n) is 2.46. The maximum atomic E-state index is 12.5. The zero-order valence-corrected chi connectivity index (χ0v) is 12.6. The Bertz CT molecular complexity index is 519. The van der Waals surface area contributed by atoms with Crippen LogP contribution in [0, 0.1) is 5.92 Å². The highest BCUT2D eigenvalue weighted by molar-refractivity contribution is 7.99. The monoisotopic (exact) mass is 305 g/mol. The van der Waals surface area contributed by atoms with Crippen LogP contribution in [0.3, 0.4) is 0 Å². The topological polar surface area (TPSA) is 61.4 Å². The van der Waals surface area contributed by atoms with Crippen LogP contribution in [-0.2, 0) is 4.79 Å². The second-order valence-electron chi connectivity index (χ2n) is 5.43. The highest BCUT2D eigenvalue weighted by Crippen LogP contribution is 2.23. The zero-order valence-electron chi connectivity index (χ0n) is 11.7. The van der Waals surface area contributed by atoms with E-state index in [-0.39, 0.29) is 17.9 Å². The van der Waals surface area contributed by atoms with E-state index in [9.17, 15) is 9.59 Å². The summed E-state index contributed by atoms with van der Waals surface area (Å²) in [6.07, 6.45) is 0. The lowest BCUT2D eigenvalue weighted by Crippen LogP contribution is -2.52. The summed E-state index contributed by atoms with van der Waals surface area (Å²) in [5.41, 5.74) is 0.640. The number of thioether (sulfide) groups is 1. The molecular formula is C15H19N3O2S. The van der Waals surface area contributed by atoms with Gasteiger partial charge in [-0.3, -0.25) is 9.59 Å². The zero-order chi connectivity index (χ0) is 14.7. The van der Waals surface area contributed by atoms with E-state index in [1.807, 2.05) is 18.2 Å². The predicted octanol–water partition coefficient (Wildman–Crippen LogP) is 0.537. The highest BCUT2D eigenvalue weighted by Gasteiger charge is 2.35. The number of carbonyl (C=O) groups is 2. The van der Waals surface area contributed by atoms with Gasteiger partial charge in [0.25, 0.3) is 5.91 Å². The van der Waals surface area contributed by atoms with Crippen LogP contribution in [-0.4, -0.2) is 54.0 Å². The molecule has 0 spiro atoms. The first kappa shape index (κ1) is 14.4. The summed E-state index contributed by atoms with van der Waals surface area (Å²) < 4.78 is 0. The number of nitrogens with one attached hydrogen (secondary N) is 2. The Kier molecular flexibility index (Phi) is 4.45. The molecule has 21 heavy (non-hydrogen) atoms. The average molecular weight is 305 g/mol. The SMILES string of the molecule is O=C(NCC1CNC1)C1CSCN1C(=O)c1ccccc1. The molecule has 1 unspecified atom stereocenters. The molecule has 1 atom stereocenters. The van der Waals surface area contributed by atoms with Gasteiger partial charge < -0.3 is 15.5 Å². The maximum absolute atomic E-state index is 12.5. The molecule has 2 fully saturated rings. The van der Waals surface area contributed by atoms with Crippen LogP contribution in [0.15, 0.2) is 30.3 Å². The van der Waals surface area contributed by atoms with Crippen LogP contribution in [0.1, 0.15) is 10.4 Å². The number of benzene rings is 1. The van der Waals surface area contributed by atoms with E-state index in [2.05, 4.69) is 10.6 Å². The van der Waals surface area contributed by atoms with Crippen LogP contribution in [0.25, 0.3) is 0 Å². The fourth-order valence-corrected chi connectivity index (χ4v) is 3.62. The number of amides is 2. The van der Waals surface area contributed by atoms with Crippen molar-refractivity contribution < 1.29 is 9.59 Å². The fraction of sp³-hybridized carbons (Fsp3) is 0.467. The van der Waals surface area contributed by atoms with Gasteiger partial charge >= 0.3 is 0 Å². The molecule has 1 aromatic carbocycles. The third-order valence-electron chi connectivity index (χ3n) is 3.90. The Morgan fingerprint density at radius 3 is 2.71 bits per heavy atom. The van der Waals surface area contributed by atoms with Crippen molar-refractivity contribution in [3.8, 4) is 0 Å². The second kappa shape index (κ2) is 6.49. The summed E-state index contributed by atoms with van der Waals surface area (Å²) in [7, 11) is 0. The molecule has 0 saturated carbocycles. The Balaban J connectivity index is 1.61. The molecule has 2 saturated heterocycles. The first-order valence-corrected chi connectivity index (χ1v) is 8.33. The molecule has 1 aromatic rings. The quantitative estimate of drug-likeness (QED) is 0.852. The molecule has 2 heterocycles. The van der Waals surface area contributed by atoms with E-state index in [4.69, 9.17) is 0 Å². The predicted molar refractivity (Wildman–Crippen MR) is 83.1 cm³/mol. The van der Waals surface area contributed by atoms with Crippen LogP contribution >= 0.6 is 11.8 Å². The number of hydrogen-bond acceptors (Lipinski definition) is 4. The van der Waals surface area contributed by atoms with Crippen molar-refractivity contribution in [2.45, 2.75) is 6.04 Å². The average Bonchev–Trinajstić information content (AvgIpc) is 2.95. The first-order valence-electron chi connectivity index (χ1n) is 7.18. The van der Waals surface area contributed by atoms with Crippen LogP contribution in [0.4, 0.5) is 0 Å². The lowest BCUT2D eigenvalue weighted by Gasteiger charge is -2.29. The van der Waals surface area contributed by atoms with Gasteiger partial charge in [-0.2, -0.15) is 0 Å². The normalized spacial score (nSPS) is 21.9. The van der Waals surface area contributed by atoms with Gasteiger partial charge in [0.1, 0.15) is 6.04 Å². The smallest absolute Gasteiger partial charge is 0.255 e. The number of carbonyl (C=O) groups excluding carboxylic acids is 2. The molecule has 0 aromatic heterocycles. The molecule has 6 heteroatoms. The Labute approximate surface area is 128 Å². The van der Waals surface area contributed by atoms with Gasteiger partial charge in [-0.05, 0) is 12.1 Å². The molecular weight excluding hydrogens is 286 g/mol. The van der Waals surface area contributed by atoms with Gasteiger partial charge in [0, 0.05) is 36.9 Å². The summed E-state index contributed by atoms with van der Waals surface area (Å²) in [5.74, 6) is 1.69. The largest absolute Gasteiger partial charge is 0.354 e. The standard InChI is InChI=1S/C15H19N3O2S/c19-14(17-8-11-6-16-7-11)13-9-21-10-18(13)15(20)12-4-2-1-3-5-12/h1-5,11,13,16H,6-10H2,(H,17,19). The number of nitrogens with zero attached hydrogens (tertiary/aromatic N) is 1. The molecule has 0 radical (unpaired) electrons. The van der Waals surface area contributed by atoms with Gasteiger partial charge in [-0.25, -0.2) is 0 Å². The van der Waals surface area contributed by atoms with Crippen molar-refractivity contribution in [3.63, 3.8) is 0 Å². The second-order valence-corrected chi connectivity index (χ2v) is 6.43. The van der Waals surface area contributed by atoms with Gasteiger partial charge in [0.2, 0.25) is 5.91 Å². The van der Waals surface area contributed by atoms with Crippen molar-refractivity contribution in [1.82, 2.24) is 15.5 Å². The maximum Gasteiger partial charge on any atom is 0.255 e. The number of hydrogen-bond donors (Lipinski definition) is 2. The van der Waals surface area contributed by atoms with E-state index < -0.39 is 0 Å². The van der Waals surface area contributed by atoms with E-state index >= 15 is 0 Å². The van der Waals surface area contributed by atoms with Crippen molar-refractivity contribution in [1.29, 1.82) is 0 Å². The Morgan fingerprint density at radius 2 is 2.05 bits per heavy atom. The van der Waals surface area contributed by atoms with Crippen LogP contribution in [0.2, 0.25) is 0 Å². The van der Waals surface area contributed by atoms with E-state index in [0.29, 0.717) is 29.7 Å². The molecule has 0 bridgehead atoms. The summed E-state index contributed by atoms with van der Waals surface area (Å²) in [6.45, 7) is 2.62. The summed E-state index contributed by atoms with van der Waals surface area (Å²) in [5, 5.41) is 6.16. The van der Waals surface area contributed by atoms with Crippen LogP contribution in [0.5, 0.6) is 0 Å². The summed E-state index contributed by atoms with van der Waals surface area (Å²) in [4.78, 5) is 26.5. The molecule has 2 N–H and O–H groups in total. The minimum absolute atomic E-state index is 0.0313. The lowest BCUT2D eigenvalue weighted by atomic mass is 10.0. The molecule has 2 amide bonds. The minimum atomic E-state index is -0.351. The van der Waals surface area contributed by atoms with Gasteiger partial charge in [0.15, 0.2) is 0 Å². The van der Waals surface area contributed by atoms with Crippen molar-refractivity contribution in [3.05, 3.63) is 35.9 Å². The molecule has 0 aliphatic carbocycles. The van der Waals surface area contributed by atoms with Crippen LogP contribution < -0.4 is 10.6 Å². The molecule has 5 nitrogen and oxygen atoms in total. The van der Waals surface area contributed by atoms with E-state index in [0.717, 1.165) is 13.1 Å². The Hall–Kier alpha value is -1.53. The van der Waals surface area contributed by atoms with E-state index in [1.54, 1.807) is 28.8 Å². The molecule has 2 aliphatic heterocycles. The Morgan fingerprint density at radius 1 is 1.29 bits per heavy atom. The van der Waals surface area contributed by atoms with Crippen molar-refractivity contribution >= 4 is 23.6 Å². The minimum Gasteiger partial charge on any atom is -0.354 e. The molecule has 3 rings (SSSR count). The third kappa shape index (κ3) is 3.22. The van der Waals surface area contributed by atoms with Crippen molar-refractivity contribution in [2.75, 3.05) is 31.3 Å². The van der Waals surface area contributed by atoms with Gasteiger partial charge in [-0.1, -0.05) is 18.2 Å². The number of rotatable bonds is 4. The molecule has 112 valence electrons. The molecule has 2 aliphatic rings. The van der Waals surface area contributed by atoms with E-state index in [1.165, 1.54) is 0 Å².